The van der Waals surface area contributed by atoms with Crippen LogP contribution in [0.3, 0.4) is 0 Å². The van der Waals surface area contributed by atoms with Crippen LogP contribution < -0.4 is 0 Å². The van der Waals surface area contributed by atoms with E-state index in [9.17, 15) is 19.5 Å². The van der Waals surface area contributed by atoms with Gasteiger partial charge >= 0.3 is 5.97 Å². The predicted octanol–water partition coefficient (Wildman–Crippen LogP) is 3.35. The fourth-order valence-electron chi connectivity index (χ4n) is 7.53. The van der Waals surface area contributed by atoms with Crippen LogP contribution in [0.15, 0.2) is 23.8 Å². The monoisotopic (exact) mass is 418 g/mol. The molecule has 164 valence electrons. The Morgan fingerprint density at radius 2 is 2.00 bits per heavy atom. The van der Waals surface area contributed by atoms with Crippen molar-refractivity contribution in [3.63, 3.8) is 0 Å². The zero-order valence-corrected chi connectivity index (χ0v) is 18.1. The molecule has 1 N–H and O–H groups in total. The van der Waals surface area contributed by atoms with Crippen LogP contribution in [0.1, 0.15) is 53.4 Å². The summed E-state index contributed by atoms with van der Waals surface area (Å²) in [4.78, 5) is 36.1. The van der Waals surface area contributed by atoms with E-state index in [1.165, 1.54) is 19.1 Å². The van der Waals surface area contributed by atoms with Crippen molar-refractivity contribution < 1.29 is 28.6 Å². The first-order valence-corrected chi connectivity index (χ1v) is 10.9. The quantitative estimate of drug-likeness (QED) is 0.711. The number of rotatable bonds is 3. The normalized spacial score (nSPS) is 47.1. The third-order valence-electron chi connectivity index (χ3n) is 8.75. The molecule has 4 aliphatic rings. The van der Waals surface area contributed by atoms with Crippen LogP contribution in [0.4, 0.5) is 4.39 Å². The number of carbonyl (C=O) groups excluding carboxylic acids is 3. The Bertz CT molecular complexity index is 862. The first-order chi connectivity index (χ1) is 13.9. The summed E-state index contributed by atoms with van der Waals surface area (Å²) in [7, 11) is 0. The molecule has 0 amide bonds. The number of halogens is 1. The van der Waals surface area contributed by atoms with Gasteiger partial charge in [-0.2, -0.15) is 0 Å². The second-order valence-electron chi connectivity index (χ2n) is 10.3. The molecule has 0 aromatic rings. The molecule has 3 saturated carbocycles. The summed E-state index contributed by atoms with van der Waals surface area (Å²) < 4.78 is 21.9. The number of allylic oxidation sites excluding steroid dienone is 4. The average Bonchev–Trinajstić information content (AvgIpc) is 2.91. The number of hydrogen-bond acceptors (Lipinski definition) is 5. The third-order valence-corrected chi connectivity index (χ3v) is 8.75. The zero-order valence-electron chi connectivity index (χ0n) is 18.1. The van der Waals surface area contributed by atoms with Crippen molar-refractivity contribution in [3.05, 3.63) is 23.8 Å². The fourth-order valence-corrected chi connectivity index (χ4v) is 7.53. The van der Waals surface area contributed by atoms with Crippen molar-refractivity contribution in [2.24, 2.45) is 34.5 Å². The molecule has 6 heteroatoms. The maximum absolute atomic E-state index is 17.0. The second kappa shape index (κ2) is 6.84. The standard InChI is InChI=1S/C24H31FO5/c1-13-9-18-17-6-5-15-10-16(27)7-8-23(15,4)24(17,25)20(29)11-22(18,3)21(13)19(28)12-30-14(2)26/h7-8,10,13,17-18,20-21,29H,5-6,9,11-12H2,1-4H3/t13-,17?,18?,20+,21?,22?,23?,24+/m1/s1. The minimum atomic E-state index is -1.88. The summed E-state index contributed by atoms with van der Waals surface area (Å²) in [6, 6.07) is 0. The number of Topliss-reactive ketones (excluding diaryl/α,β-unsaturated/α-hetero) is 1. The van der Waals surface area contributed by atoms with Crippen molar-refractivity contribution in [1.29, 1.82) is 0 Å². The number of ether oxygens (including phenoxy) is 1. The van der Waals surface area contributed by atoms with E-state index >= 15 is 4.39 Å². The van der Waals surface area contributed by atoms with Gasteiger partial charge in [0.1, 0.15) is 6.61 Å². The molecule has 0 aliphatic heterocycles. The molecular formula is C24H31FO5. The summed E-state index contributed by atoms with van der Waals surface area (Å²) >= 11 is 0. The van der Waals surface area contributed by atoms with E-state index in [2.05, 4.69) is 0 Å². The summed E-state index contributed by atoms with van der Waals surface area (Å²) in [5.74, 6) is -1.60. The molecule has 3 fully saturated rings. The van der Waals surface area contributed by atoms with Crippen LogP contribution in [0.5, 0.6) is 0 Å². The molecular weight excluding hydrogens is 387 g/mol. The van der Waals surface area contributed by atoms with Gasteiger partial charge in [-0.05, 0) is 62.0 Å². The summed E-state index contributed by atoms with van der Waals surface area (Å²) in [6.45, 7) is 6.79. The Labute approximate surface area is 176 Å². The molecule has 30 heavy (non-hydrogen) atoms. The lowest BCUT2D eigenvalue weighted by molar-refractivity contribution is -0.196. The highest BCUT2D eigenvalue weighted by atomic mass is 19.1. The number of aliphatic hydroxyl groups is 1. The lowest BCUT2D eigenvalue weighted by Gasteiger charge is -2.61. The topological polar surface area (TPSA) is 80.7 Å². The molecule has 0 heterocycles. The molecule has 0 bridgehead atoms. The molecule has 0 aromatic carbocycles. The van der Waals surface area contributed by atoms with Crippen LogP contribution >= 0.6 is 0 Å². The van der Waals surface area contributed by atoms with Gasteiger partial charge in [0.05, 0.1) is 6.10 Å². The van der Waals surface area contributed by atoms with Crippen molar-refractivity contribution in [3.8, 4) is 0 Å². The van der Waals surface area contributed by atoms with Crippen LogP contribution in [0.2, 0.25) is 0 Å². The summed E-state index contributed by atoms with van der Waals surface area (Å²) in [5.41, 5.74) is -2.70. The van der Waals surface area contributed by atoms with Crippen molar-refractivity contribution in [2.75, 3.05) is 6.61 Å². The highest BCUT2D eigenvalue weighted by Crippen LogP contribution is 2.69. The first kappa shape index (κ1) is 21.4. The number of aliphatic hydroxyl groups excluding tert-OH is 1. The van der Waals surface area contributed by atoms with Crippen LogP contribution in [0, 0.1) is 34.5 Å². The second-order valence-corrected chi connectivity index (χ2v) is 10.3. The van der Waals surface area contributed by atoms with Gasteiger partial charge in [-0.15, -0.1) is 0 Å². The van der Waals surface area contributed by atoms with E-state index < -0.39 is 34.5 Å². The average molecular weight is 419 g/mol. The van der Waals surface area contributed by atoms with Gasteiger partial charge in [-0.3, -0.25) is 14.4 Å². The zero-order chi connectivity index (χ0) is 22.1. The van der Waals surface area contributed by atoms with Gasteiger partial charge in [0.15, 0.2) is 17.2 Å². The fraction of sp³-hybridized carbons (Fsp3) is 0.708. The van der Waals surface area contributed by atoms with Gasteiger partial charge in [0, 0.05) is 24.2 Å². The van der Waals surface area contributed by atoms with Crippen LogP contribution in [0.25, 0.3) is 0 Å². The molecule has 8 atom stereocenters. The number of ketones is 2. The molecule has 5 unspecified atom stereocenters. The van der Waals surface area contributed by atoms with Crippen molar-refractivity contribution in [2.45, 2.75) is 65.2 Å². The van der Waals surface area contributed by atoms with E-state index in [4.69, 9.17) is 4.74 Å². The van der Waals surface area contributed by atoms with E-state index in [0.29, 0.717) is 19.3 Å². The number of carbonyl (C=O) groups is 3. The highest BCUT2D eigenvalue weighted by molar-refractivity contribution is 6.01. The van der Waals surface area contributed by atoms with E-state index in [1.54, 1.807) is 13.0 Å². The van der Waals surface area contributed by atoms with Gasteiger partial charge in [-0.1, -0.05) is 25.5 Å². The number of alkyl halides is 1. The molecule has 0 saturated heterocycles. The Kier molecular flexibility index (Phi) is 4.88. The smallest absolute Gasteiger partial charge is 0.303 e. The Morgan fingerprint density at radius 3 is 2.67 bits per heavy atom. The van der Waals surface area contributed by atoms with Crippen LogP contribution in [-0.2, 0) is 19.1 Å². The van der Waals surface area contributed by atoms with E-state index in [0.717, 1.165) is 5.57 Å². The molecule has 0 radical (unpaired) electrons. The minimum absolute atomic E-state index is 0.0193. The first-order valence-electron chi connectivity index (χ1n) is 10.9. The maximum atomic E-state index is 17.0. The molecule has 4 aliphatic carbocycles. The van der Waals surface area contributed by atoms with Gasteiger partial charge in [0.2, 0.25) is 0 Å². The van der Waals surface area contributed by atoms with E-state index in [-0.39, 0.29) is 42.3 Å². The van der Waals surface area contributed by atoms with Gasteiger partial charge < -0.3 is 9.84 Å². The highest BCUT2D eigenvalue weighted by Gasteiger charge is 2.71. The van der Waals surface area contributed by atoms with E-state index in [1.807, 2.05) is 13.8 Å². The number of fused-ring (bicyclic) bond motifs is 5. The maximum Gasteiger partial charge on any atom is 0.303 e. The summed E-state index contributed by atoms with van der Waals surface area (Å²) in [6.07, 6.45) is 5.38. The Morgan fingerprint density at radius 1 is 1.30 bits per heavy atom. The lowest BCUT2D eigenvalue weighted by atomic mass is 9.45. The predicted molar refractivity (Wildman–Crippen MR) is 108 cm³/mol. The van der Waals surface area contributed by atoms with Crippen molar-refractivity contribution in [1.82, 2.24) is 0 Å². The Balaban J connectivity index is 1.71. The third kappa shape index (κ3) is 2.72. The van der Waals surface area contributed by atoms with Gasteiger partial charge in [0.25, 0.3) is 0 Å². The molecule has 0 aromatic heterocycles. The molecule has 5 nitrogen and oxygen atoms in total. The number of hydrogen-bond donors (Lipinski definition) is 1. The van der Waals surface area contributed by atoms with Crippen LogP contribution in [-0.4, -0.2) is 41.0 Å². The minimum Gasteiger partial charge on any atom is -0.458 e. The largest absolute Gasteiger partial charge is 0.458 e. The lowest BCUT2D eigenvalue weighted by Crippen LogP contribution is -2.66. The molecule has 0 spiro atoms. The van der Waals surface area contributed by atoms with Crippen molar-refractivity contribution >= 4 is 17.5 Å². The van der Waals surface area contributed by atoms with Gasteiger partial charge in [-0.25, -0.2) is 4.39 Å². The SMILES string of the molecule is CC(=O)OCC(=O)C1[C@H](C)CC2C3CCC4=CC(=O)C=CC4(C)[C@@]3(F)[C@@H](O)CC21C. The summed E-state index contributed by atoms with van der Waals surface area (Å²) in [5, 5.41) is 11.2. The Hall–Kier alpha value is -1.82. The molecule has 4 rings (SSSR count). The number of esters is 1.